The summed E-state index contributed by atoms with van der Waals surface area (Å²) < 4.78 is 0. The number of alkyl halides is 1. The summed E-state index contributed by atoms with van der Waals surface area (Å²) in [6, 6.07) is 3.36. The van der Waals surface area contributed by atoms with Crippen LogP contribution >= 0.6 is 27.5 Å². The van der Waals surface area contributed by atoms with Gasteiger partial charge in [-0.15, -0.1) is 0 Å². The van der Waals surface area contributed by atoms with E-state index in [1.165, 1.54) is 0 Å². The van der Waals surface area contributed by atoms with E-state index in [0.717, 1.165) is 5.56 Å². The van der Waals surface area contributed by atoms with E-state index in [9.17, 15) is 5.11 Å². The predicted octanol–water partition coefficient (Wildman–Crippen LogP) is 3.10. The highest BCUT2D eigenvalue weighted by atomic mass is 79.9. The van der Waals surface area contributed by atoms with E-state index in [-0.39, 0.29) is 5.75 Å². The summed E-state index contributed by atoms with van der Waals surface area (Å²) in [5.74, 6) is 5.83. The van der Waals surface area contributed by atoms with Crippen molar-refractivity contribution in [3.8, 4) is 17.6 Å². The molecule has 13 heavy (non-hydrogen) atoms. The highest BCUT2D eigenvalue weighted by Gasteiger charge is 2.03. The third kappa shape index (κ3) is 2.65. The molecule has 0 unspecified atom stereocenters. The van der Waals surface area contributed by atoms with Crippen LogP contribution in [0.4, 0.5) is 0 Å². The number of halogens is 2. The first-order valence-corrected chi connectivity index (χ1v) is 5.19. The molecule has 0 spiro atoms. The minimum absolute atomic E-state index is 0.206. The van der Waals surface area contributed by atoms with Crippen LogP contribution in [0.25, 0.3) is 0 Å². The summed E-state index contributed by atoms with van der Waals surface area (Å²) in [4.78, 5) is 0. The summed E-state index contributed by atoms with van der Waals surface area (Å²) >= 11 is 8.99. The molecule has 1 nitrogen and oxygen atoms in total. The van der Waals surface area contributed by atoms with E-state index >= 15 is 0 Å². The van der Waals surface area contributed by atoms with Crippen molar-refractivity contribution in [3.63, 3.8) is 0 Å². The van der Waals surface area contributed by atoms with Crippen molar-refractivity contribution >= 4 is 27.5 Å². The highest BCUT2D eigenvalue weighted by Crippen LogP contribution is 2.25. The highest BCUT2D eigenvalue weighted by molar-refractivity contribution is 9.09. The van der Waals surface area contributed by atoms with Gasteiger partial charge in [-0.1, -0.05) is 39.4 Å². The second-order valence-corrected chi connectivity index (χ2v) is 3.55. The van der Waals surface area contributed by atoms with Crippen LogP contribution in [0.2, 0.25) is 5.02 Å². The molecule has 0 amide bonds. The molecule has 0 fully saturated rings. The van der Waals surface area contributed by atoms with Crippen molar-refractivity contribution in [2.75, 3.05) is 5.33 Å². The van der Waals surface area contributed by atoms with Crippen molar-refractivity contribution in [3.05, 3.63) is 28.3 Å². The number of hydrogen-bond acceptors (Lipinski definition) is 1. The van der Waals surface area contributed by atoms with Gasteiger partial charge in [-0.3, -0.25) is 0 Å². The predicted molar refractivity (Wildman–Crippen MR) is 58.5 cm³/mol. The molecule has 3 heteroatoms. The Bertz CT molecular complexity index is 376. The van der Waals surface area contributed by atoms with E-state index in [0.29, 0.717) is 15.9 Å². The van der Waals surface area contributed by atoms with Gasteiger partial charge in [-0.25, -0.2) is 0 Å². The Morgan fingerprint density at radius 1 is 1.54 bits per heavy atom. The lowest BCUT2D eigenvalue weighted by Crippen LogP contribution is -1.82. The molecule has 68 valence electrons. The third-order valence-corrected chi connectivity index (χ3v) is 2.05. The van der Waals surface area contributed by atoms with E-state index in [1.54, 1.807) is 19.1 Å². The quantitative estimate of drug-likeness (QED) is 0.561. The number of hydrogen-bond donors (Lipinski definition) is 1. The zero-order chi connectivity index (χ0) is 9.84. The van der Waals surface area contributed by atoms with Gasteiger partial charge in [0, 0.05) is 5.02 Å². The molecule has 0 saturated heterocycles. The average molecular weight is 260 g/mol. The van der Waals surface area contributed by atoms with Gasteiger partial charge in [0.1, 0.15) is 5.75 Å². The smallest absolute Gasteiger partial charge is 0.134 e. The topological polar surface area (TPSA) is 20.2 Å². The zero-order valence-corrected chi connectivity index (χ0v) is 9.41. The number of rotatable bonds is 0. The van der Waals surface area contributed by atoms with Crippen molar-refractivity contribution in [1.29, 1.82) is 0 Å². The van der Waals surface area contributed by atoms with Gasteiger partial charge < -0.3 is 5.11 Å². The Labute approximate surface area is 90.9 Å². The second-order valence-electron chi connectivity index (χ2n) is 2.55. The summed E-state index contributed by atoms with van der Waals surface area (Å²) in [6.07, 6.45) is 0. The first kappa shape index (κ1) is 10.4. The van der Waals surface area contributed by atoms with Crippen molar-refractivity contribution in [2.45, 2.75) is 6.92 Å². The maximum absolute atomic E-state index is 9.57. The molecule has 0 aliphatic carbocycles. The summed E-state index contributed by atoms with van der Waals surface area (Å²) in [5.41, 5.74) is 1.32. The van der Waals surface area contributed by atoms with Gasteiger partial charge in [0.25, 0.3) is 0 Å². The van der Waals surface area contributed by atoms with Gasteiger partial charge >= 0.3 is 0 Å². The minimum atomic E-state index is 0.206. The SMILES string of the molecule is Cc1cc(Cl)cc(C#CCBr)c1O. The monoisotopic (exact) mass is 258 g/mol. The van der Waals surface area contributed by atoms with E-state index in [4.69, 9.17) is 11.6 Å². The lowest BCUT2D eigenvalue weighted by Gasteiger charge is -2.01. The van der Waals surface area contributed by atoms with Gasteiger partial charge in [-0.05, 0) is 24.6 Å². The molecular formula is C10H8BrClO. The molecule has 0 heterocycles. The first-order chi connectivity index (χ1) is 6.15. The molecule has 0 aliphatic heterocycles. The Morgan fingerprint density at radius 2 is 2.23 bits per heavy atom. The van der Waals surface area contributed by atoms with Crippen LogP contribution in [0.5, 0.6) is 5.75 Å². The Balaban J connectivity index is 3.20. The van der Waals surface area contributed by atoms with Gasteiger partial charge in [0.15, 0.2) is 0 Å². The largest absolute Gasteiger partial charge is 0.506 e. The van der Waals surface area contributed by atoms with Crippen LogP contribution in [-0.4, -0.2) is 10.4 Å². The Kier molecular flexibility index (Phi) is 3.65. The number of aryl methyl sites for hydroxylation is 1. The fourth-order valence-corrected chi connectivity index (χ4v) is 1.37. The van der Waals surface area contributed by atoms with E-state index in [1.807, 2.05) is 0 Å². The molecule has 0 bridgehead atoms. The van der Waals surface area contributed by atoms with E-state index < -0.39 is 0 Å². The van der Waals surface area contributed by atoms with Crippen LogP contribution in [0.1, 0.15) is 11.1 Å². The molecule has 0 aromatic heterocycles. The number of phenols is 1. The zero-order valence-electron chi connectivity index (χ0n) is 7.06. The standard InChI is InChI=1S/C10H8BrClO/c1-7-5-9(12)6-8(10(7)13)3-2-4-11/h5-6,13H,4H2,1H3. The summed E-state index contributed by atoms with van der Waals surface area (Å²) in [7, 11) is 0. The summed E-state index contributed by atoms with van der Waals surface area (Å²) in [6.45, 7) is 1.79. The van der Waals surface area contributed by atoms with Gasteiger partial charge in [-0.2, -0.15) is 0 Å². The molecule has 1 rings (SSSR count). The Morgan fingerprint density at radius 3 is 2.85 bits per heavy atom. The lowest BCUT2D eigenvalue weighted by atomic mass is 10.1. The van der Waals surface area contributed by atoms with Crippen LogP contribution < -0.4 is 0 Å². The molecule has 0 saturated carbocycles. The van der Waals surface area contributed by atoms with Crippen LogP contribution in [0, 0.1) is 18.8 Å². The van der Waals surface area contributed by atoms with Crippen molar-refractivity contribution in [2.24, 2.45) is 0 Å². The van der Waals surface area contributed by atoms with Crippen LogP contribution in [0.3, 0.4) is 0 Å². The molecule has 1 N–H and O–H groups in total. The number of benzene rings is 1. The molecule has 1 aromatic carbocycles. The maximum Gasteiger partial charge on any atom is 0.134 e. The van der Waals surface area contributed by atoms with Crippen molar-refractivity contribution in [1.82, 2.24) is 0 Å². The third-order valence-electron chi connectivity index (χ3n) is 1.56. The molecular weight excluding hydrogens is 251 g/mol. The fourth-order valence-electron chi connectivity index (χ4n) is 0.959. The van der Waals surface area contributed by atoms with Gasteiger partial charge in [0.05, 0.1) is 10.9 Å². The van der Waals surface area contributed by atoms with Crippen LogP contribution in [-0.2, 0) is 0 Å². The first-order valence-electron chi connectivity index (χ1n) is 3.69. The van der Waals surface area contributed by atoms with Crippen LogP contribution in [0.15, 0.2) is 12.1 Å². The Hall–Kier alpha value is -0.650. The number of aromatic hydroxyl groups is 1. The van der Waals surface area contributed by atoms with Gasteiger partial charge in [0.2, 0.25) is 0 Å². The molecule has 0 radical (unpaired) electrons. The molecule has 1 aromatic rings. The lowest BCUT2D eigenvalue weighted by molar-refractivity contribution is 0.469. The van der Waals surface area contributed by atoms with Crippen molar-refractivity contribution < 1.29 is 5.11 Å². The second kappa shape index (κ2) is 4.55. The fraction of sp³-hybridized carbons (Fsp3) is 0.200. The normalized spacial score (nSPS) is 9.15. The summed E-state index contributed by atoms with van der Waals surface area (Å²) in [5, 5.41) is 10.7. The molecule has 0 atom stereocenters. The van der Waals surface area contributed by atoms with E-state index in [2.05, 4.69) is 27.8 Å². The molecule has 0 aliphatic rings. The minimum Gasteiger partial charge on any atom is -0.506 e. The number of phenolic OH excluding ortho intramolecular Hbond substituents is 1. The maximum atomic E-state index is 9.57. The average Bonchev–Trinajstić information content (AvgIpc) is 2.09.